The highest BCUT2D eigenvalue weighted by Gasteiger charge is 2.19. The molecule has 1 aromatic rings. The molecule has 0 aliphatic heterocycles. The Morgan fingerprint density at radius 1 is 1.43 bits per heavy atom. The van der Waals surface area contributed by atoms with E-state index in [0.29, 0.717) is 11.7 Å². The lowest BCUT2D eigenvalue weighted by atomic mass is 9.80. The first-order valence-corrected chi connectivity index (χ1v) is 5.63. The molecule has 0 spiro atoms. The predicted octanol–water partition coefficient (Wildman–Crippen LogP) is 3.61. The maximum Gasteiger partial charge on any atom is 0.115 e. The third-order valence-corrected chi connectivity index (χ3v) is 3.21. The van der Waals surface area contributed by atoms with Crippen molar-refractivity contribution in [2.45, 2.75) is 44.9 Å². The molecular weight excluding hydrogens is 172 g/mol. The van der Waals surface area contributed by atoms with Gasteiger partial charge in [-0.15, -0.1) is 0 Å². The highest BCUT2D eigenvalue weighted by molar-refractivity contribution is 5.38. The summed E-state index contributed by atoms with van der Waals surface area (Å²) < 4.78 is 0. The summed E-state index contributed by atoms with van der Waals surface area (Å²) in [5.41, 5.74) is 2.85. The van der Waals surface area contributed by atoms with Crippen molar-refractivity contribution < 1.29 is 5.11 Å². The molecule has 0 fully saturated rings. The van der Waals surface area contributed by atoms with Crippen LogP contribution in [0, 0.1) is 0 Å². The molecule has 14 heavy (non-hydrogen) atoms. The molecule has 1 N–H and O–H groups in total. The minimum atomic E-state index is 0.423. The van der Waals surface area contributed by atoms with Gasteiger partial charge in [-0.1, -0.05) is 19.4 Å². The molecule has 0 bridgehead atoms. The molecule has 0 saturated heterocycles. The van der Waals surface area contributed by atoms with Crippen molar-refractivity contribution in [2.24, 2.45) is 0 Å². The van der Waals surface area contributed by atoms with Gasteiger partial charge in [-0.2, -0.15) is 0 Å². The van der Waals surface area contributed by atoms with Gasteiger partial charge in [0.1, 0.15) is 5.75 Å². The monoisotopic (exact) mass is 190 g/mol. The summed E-state index contributed by atoms with van der Waals surface area (Å²) >= 11 is 0. The Labute approximate surface area is 85.8 Å². The van der Waals surface area contributed by atoms with Crippen LogP contribution >= 0.6 is 0 Å². The third kappa shape index (κ3) is 1.77. The fraction of sp³-hybridized carbons (Fsp3) is 0.538. The standard InChI is InChI=1S/C13H18O/c1-2-4-10-5-3-6-11-7-8-12(14)9-13(10)11/h7-10,14H,2-6H2,1H3. The van der Waals surface area contributed by atoms with Gasteiger partial charge in [0, 0.05) is 0 Å². The van der Waals surface area contributed by atoms with Crippen LogP contribution in [0.1, 0.15) is 49.7 Å². The van der Waals surface area contributed by atoms with E-state index < -0.39 is 0 Å². The zero-order valence-corrected chi connectivity index (χ0v) is 8.79. The van der Waals surface area contributed by atoms with Gasteiger partial charge in [-0.3, -0.25) is 0 Å². The van der Waals surface area contributed by atoms with E-state index in [4.69, 9.17) is 0 Å². The molecule has 2 rings (SSSR count). The number of phenolic OH excluding ortho intramolecular Hbond substituents is 1. The van der Waals surface area contributed by atoms with Gasteiger partial charge in [0.05, 0.1) is 0 Å². The third-order valence-electron chi connectivity index (χ3n) is 3.21. The van der Waals surface area contributed by atoms with Crippen LogP contribution in [-0.2, 0) is 6.42 Å². The Balaban J connectivity index is 2.32. The topological polar surface area (TPSA) is 20.2 Å². The van der Waals surface area contributed by atoms with E-state index >= 15 is 0 Å². The normalized spacial score (nSPS) is 20.5. The van der Waals surface area contributed by atoms with Crippen LogP contribution in [0.2, 0.25) is 0 Å². The van der Waals surface area contributed by atoms with E-state index in [2.05, 4.69) is 13.0 Å². The Hall–Kier alpha value is -0.980. The minimum Gasteiger partial charge on any atom is -0.508 e. The molecule has 0 radical (unpaired) electrons. The number of phenols is 1. The lowest BCUT2D eigenvalue weighted by Gasteiger charge is -2.25. The summed E-state index contributed by atoms with van der Waals surface area (Å²) in [7, 11) is 0. The van der Waals surface area contributed by atoms with Crippen molar-refractivity contribution in [1.82, 2.24) is 0 Å². The molecular formula is C13H18O. The zero-order chi connectivity index (χ0) is 9.97. The molecule has 0 aromatic heterocycles. The Bertz CT molecular complexity index is 317. The number of hydrogen-bond donors (Lipinski definition) is 1. The number of fused-ring (bicyclic) bond motifs is 1. The Morgan fingerprint density at radius 2 is 2.29 bits per heavy atom. The van der Waals surface area contributed by atoms with Gasteiger partial charge in [0.25, 0.3) is 0 Å². The van der Waals surface area contributed by atoms with Crippen LogP contribution < -0.4 is 0 Å². The molecule has 1 nitrogen and oxygen atoms in total. The van der Waals surface area contributed by atoms with Gasteiger partial charge in [0.15, 0.2) is 0 Å². The number of benzene rings is 1. The van der Waals surface area contributed by atoms with Crippen molar-refractivity contribution in [3.8, 4) is 5.75 Å². The fourth-order valence-corrected chi connectivity index (χ4v) is 2.53. The van der Waals surface area contributed by atoms with Crippen molar-refractivity contribution in [1.29, 1.82) is 0 Å². The number of rotatable bonds is 2. The van der Waals surface area contributed by atoms with Crippen LogP contribution in [0.15, 0.2) is 18.2 Å². The van der Waals surface area contributed by atoms with Crippen LogP contribution in [-0.4, -0.2) is 5.11 Å². The molecule has 1 aromatic carbocycles. The summed E-state index contributed by atoms with van der Waals surface area (Å²) in [5.74, 6) is 1.11. The SMILES string of the molecule is CCCC1CCCc2ccc(O)cc21. The first-order valence-electron chi connectivity index (χ1n) is 5.63. The molecule has 1 heteroatoms. The van der Waals surface area contributed by atoms with Gasteiger partial charge in [0.2, 0.25) is 0 Å². The second kappa shape index (κ2) is 4.04. The van der Waals surface area contributed by atoms with Gasteiger partial charge in [-0.25, -0.2) is 0 Å². The average molecular weight is 190 g/mol. The molecule has 1 aliphatic carbocycles. The first-order chi connectivity index (χ1) is 6.81. The van der Waals surface area contributed by atoms with E-state index in [-0.39, 0.29) is 0 Å². The van der Waals surface area contributed by atoms with Crippen molar-refractivity contribution in [2.75, 3.05) is 0 Å². The molecule has 76 valence electrons. The maximum atomic E-state index is 9.47. The number of hydrogen-bond acceptors (Lipinski definition) is 1. The van der Waals surface area contributed by atoms with E-state index in [1.807, 2.05) is 12.1 Å². The number of aryl methyl sites for hydroxylation is 1. The Kier molecular flexibility index (Phi) is 2.76. The smallest absolute Gasteiger partial charge is 0.115 e. The minimum absolute atomic E-state index is 0.423. The van der Waals surface area contributed by atoms with E-state index in [1.54, 1.807) is 0 Å². The zero-order valence-electron chi connectivity index (χ0n) is 8.79. The van der Waals surface area contributed by atoms with Crippen molar-refractivity contribution in [3.05, 3.63) is 29.3 Å². The first kappa shape index (κ1) is 9.57. The van der Waals surface area contributed by atoms with Crippen molar-refractivity contribution in [3.63, 3.8) is 0 Å². The summed E-state index contributed by atoms with van der Waals surface area (Å²) in [5, 5.41) is 9.47. The summed E-state index contributed by atoms with van der Waals surface area (Å²) in [6, 6.07) is 5.87. The van der Waals surface area contributed by atoms with Gasteiger partial charge < -0.3 is 5.11 Å². The highest BCUT2D eigenvalue weighted by Crippen LogP contribution is 2.36. The lowest BCUT2D eigenvalue weighted by Crippen LogP contribution is -2.09. The predicted molar refractivity (Wildman–Crippen MR) is 58.7 cm³/mol. The fourth-order valence-electron chi connectivity index (χ4n) is 2.53. The largest absolute Gasteiger partial charge is 0.508 e. The van der Waals surface area contributed by atoms with Gasteiger partial charge in [-0.05, 0) is 54.9 Å². The van der Waals surface area contributed by atoms with Crippen molar-refractivity contribution >= 4 is 0 Å². The van der Waals surface area contributed by atoms with E-state index in [0.717, 1.165) is 0 Å². The second-order valence-corrected chi connectivity index (χ2v) is 4.26. The van der Waals surface area contributed by atoms with E-state index in [9.17, 15) is 5.11 Å². The maximum absolute atomic E-state index is 9.47. The highest BCUT2D eigenvalue weighted by atomic mass is 16.3. The molecule has 1 atom stereocenters. The van der Waals surface area contributed by atoms with E-state index in [1.165, 1.54) is 43.2 Å². The number of aromatic hydroxyl groups is 1. The van der Waals surface area contributed by atoms with Gasteiger partial charge >= 0.3 is 0 Å². The summed E-state index contributed by atoms with van der Waals surface area (Å²) in [6.45, 7) is 2.23. The molecule has 0 saturated carbocycles. The van der Waals surface area contributed by atoms with Crippen LogP contribution in [0.25, 0.3) is 0 Å². The lowest BCUT2D eigenvalue weighted by molar-refractivity contribution is 0.466. The average Bonchev–Trinajstić information content (AvgIpc) is 2.19. The van der Waals surface area contributed by atoms with Crippen LogP contribution in [0.4, 0.5) is 0 Å². The second-order valence-electron chi connectivity index (χ2n) is 4.26. The summed E-state index contributed by atoms with van der Waals surface area (Å²) in [4.78, 5) is 0. The molecule has 0 amide bonds. The molecule has 1 aliphatic rings. The Morgan fingerprint density at radius 3 is 3.07 bits per heavy atom. The molecule has 0 heterocycles. The van der Waals surface area contributed by atoms with Crippen LogP contribution in [0.3, 0.4) is 0 Å². The molecule has 1 unspecified atom stereocenters. The van der Waals surface area contributed by atoms with Crippen LogP contribution in [0.5, 0.6) is 5.75 Å². The quantitative estimate of drug-likeness (QED) is 0.755. The summed E-state index contributed by atoms with van der Waals surface area (Å²) in [6.07, 6.45) is 6.29.